The Balaban J connectivity index is 2.22. The summed E-state index contributed by atoms with van der Waals surface area (Å²) in [4.78, 5) is 2.67. The number of methoxy groups -OCH3 is 1. The Kier molecular flexibility index (Phi) is 4.76. The number of thiophene rings is 1. The van der Waals surface area contributed by atoms with E-state index in [0.29, 0.717) is 5.02 Å². The van der Waals surface area contributed by atoms with Gasteiger partial charge in [-0.15, -0.1) is 11.3 Å². The highest BCUT2D eigenvalue weighted by atomic mass is 79.9. The predicted octanol–water partition coefficient (Wildman–Crippen LogP) is 5.40. The van der Waals surface area contributed by atoms with Gasteiger partial charge < -0.3 is 10.1 Å². The molecule has 0 aliphatic carbocycles. The smallest absolute Gasteiger partial charge is 0.156 e. The molecule has 2 aromatic rings. The Bertz CT molecular complexity index is 597. The highest BCUT2D eigenvalue weighted by molar-refractivity contribution is 9.10. The van der Waals surface area contributed by atoms with E-state index in [9.17, 15) is 0 Å². The minimum absolute atomic E-state index is 0.674. The molecule has 19 heavy (non-hydrogen) atoms. The molecule has 1 aromatic heterocycles. The quantitative estimate of drug-likeness (QED) is 0.788. The molecule has 1 heterocycles. The molecule has 2 nitrogen and oxygen atoms in total. The lowest BCUT2D eigenvalue weighted by Crippen LogP contribution is -2.02. The lowest BCUT2D eigenvalue weighted by atomic mass is 10.2. The molecule has 0 unspecified atom stereocenters. The number of ether oxygens (including phenoxy) is 1. The summed E-state index contributed by atoms with van der Waals surface area (Å²) in [5.74, 6) is 0.772. The van der Waals surface area contributed by atoms with Crippen LogP contribution in [0.25, 0.3) is 0 Å². The van der Waals surface area contributed by atoms with E-state index < -0.39 is 0 Å². The van der Waals surface area contributed by atoms with Crippen molar-refractivity contribution >= 4 is 44.6 Å². The van der Waals surface area contributed by atoms with Crippen LogP contribution in [0.5, 0.6) is 5.75 Å². The van der Waals surface area contributed by atoms with Gasteiger partial charge in [-0.05, 0) is 53.5 Å². The minimum Gasteiger partial charge on any atom is -0.493 e. The standard InChI is InChI=1S/C14H15BrClNOS/c1-8-4-10(9(2)19-8)7-17-13-6-11(16)5-12(15)14(13)18-3/h4-6,17H,7H2,1-3H3. The first-order valence-corrected chi connectivity index (χ1v) is 7.83. The number of benzene rings is 1. The fourth-order valence-electron chi connectivity index (χ4n) is 1.95. The molecule has 0 saturated heterocycles. The second kappa shape index (κ2) is 6.16. The highest BCUT2D eigenvalue weighted by Crippen LogP contribution is 2.36. The zero-order chi connectivity index (χ0) is 14.0. The third kappa shape index (κ3) is 3.44. The monoisotopic (exact) mass is 359 g/mol. The van der Waals surface area contributed by atoms with Crippen molar-refractivity contribution in [2.24, 2.45) is 0 Å². The minimum atomic E-state index is 0.674. The van der Waals surface area contributed by atoms with Crippen LogP contribution in [0.15, 0.2) is 22.7 Å². The van der Waals surface area contributed by atoms with Gasteiger partial charge in [0.2, 0.25) is 0 Å². The van der Waals surface area contributed by atoms with Crippen LogP contribution in [-0.4, -0.2) is 7.11 Å². The maximum absolute atomic E-state index is 6.07. The van der Waals surface area contributed by atoms with E-state index >= 15 is 0 Å². The van der Waals surface area contributed by atoms with E-state index in [2.05, 4.69) is 41.2 Å². The van der Waals surface area contributed by atoms with Gasteiger partial charge in [0, 0.05) is 21.3 Å². The molecule has 2 rings (SSSR count). The van der Waals surface area contributed by atoms with E-state index in [-0.39, 0.29) is 0 Å². The molecule has 0 fully saturated rings. The fraction of sp³-hybridized carbons (Fsp3) is 0.286. The van der Waals surface area contributed by atoms with Crippen LogP contribution in [0.2, 0.25) is 5.02 Å². The maximum Gasteiger partial charge on any atom is 0.156 e. The molecule has 0 atom stereocenters. The summed E-state index contributed by atoms with van der Waals surface area (Å²) >= 11 is 11.3. The molecule has 0 aliphatic rings. The number of rotatable bonds is 4. The average Bonchev–Trinajstić information content (AvgIpc) is 2.64. The van der Waals surface area contributed by atoms with Crippen molar-refractivity contribution in [2.45, 2.75) is 20.4 Å². The first kappa shape index (κ1) is 14.7. The normalized spacial score (nSPS) is 10.6. The number of anilines is 1. The van der Waals surface area contributed by atoms with Crippen LogP contribution in [0.1, 0.15) is 15.3 Å². The maximum atomic E-state index is 6.07. The zero-order valence-electron chi connectivity index (χ0n) is 11.0. The van der Waals surface area contributed by atoms with Crippen molar-refractivity contribution in [1.29, 1.82) is 0 Å². The Morgan fingerprint density at radius 3 is 2.63 bits per heavy atom. The summed E-state index contributed by atoms with van der Waals surface area (Å²) < 4.78 is 6.24. The Hall–Kier alpha value is -0.710. The van der Waals surface area contributed by atoms with Gasteiger partial charge in [-0.3, -0.25) is 0 Å². The molecule has 1 N–H and O–H groups in total. The lowest BCUT2D eigenvalue weighted by Gasteiger charge is -2.13. The van der Waals surface area contributed by atoms with Crippen LogP contribution in [-0.2, 0) is 6.54 Å². The molecule has 102 valence electrons. The topological polar surface area (TPSA) is 21.3 Å². The van der Waals surface area contributed by atoms with Crippen molar-refractivity contribution in [1.82, 2.24) is 0 Å². The molecule has 0 saturated carbocycles. The second-order valence-electron chi connectivity index (χ2n) is 4.26. The average molecular weight is 361 g/mol. The molecule has 1 aromatic carbocycles. The Labute approximate surface area is 130 Å². The van der Waals surface area contributed by atoms with Crippen LogP contribution < -0.4 is 10.1 Å². The Morgan fingerprint density at radius 1 is 1.32 bits per heavy atom. The van der Waals surface area contributed by atoms with Crippen molar-refractivity contribution in [2.75, 3.05) is 12.4 Å². The van der Waals surface area contributed by atoms with Gasteiger partial charge in [0.05, 0.1) is 17.3 Å². The van der Waals surface area contributed by atoms with E-state index in [1.54, 1.807) is 7.11 Å². The van der Waals surface area contributed by atoms with Gasteiger partial charge in [-0.1, -0.05) is 11.6 Å². The van der Waals surface area contributed by atoms with E-state index in [4.69, 9.17) is 16.3 Å². The van der Waals surface area contributed by atoms with Crippen LogP contribution in [0.4, 0.5) is 5.69 Å². The van der Waals surface area contributed by atoms with Crippen molar-refractivity contribution in [3.8, 4) is 5.75 Å². The van der Waals surface area contributed by atoms with Gasteiger partial charge in [-0.25, -0.2) is 0 Å². The van der Waals surface area contributed by atoms with Crippen molar-refractivity contribution in [3.63, 3.8) is 0 Å². The first-order chi connectivity index (χ1) is 9.01. The van der Waals surface area contributed by atoms with E-state index in [1.165, 1.54) is 15.3 Å². The second-order valence-corrected chi connectivity index (χ2v) is 7.01. The van der Waals surface area contributed by atoms with E-state index in [0.717, 1.165) is 22.5 Å². The van der Waals surface area contributed by atoms with Crippen molar-refractivity contribution < 1.29 is 4.74 Å². The SMILES string of the molecule is COc1c(Br)cc(Cl)cc1NCc1cc(C)sc1C. The summed E-state index contributed by atoms with van der Waals surface area (Å²) in [5.41, 5.74) is 2.20. The van der Waals surface area contributed by atoms with Crippen LogP contribution in [0.3, 0.4) is 0 Å². The van der Waals surface area contributed by atoms with Gasteiger partial charge in [0.25, 0.3) is 0 Å². The molecule has 5 heteroatoms. The zero-order valence-corrected chi connectivity index (χ0v) is 14.2. The predicted molar refractivity (Wildman–Crippen MR) is 86.8 cm³/mol. The third-order valence-electron chi connectivity index (χ3n) is 2.83. The van der Waals surface area contributed by atoms with Gasteiger partial charge >= 0.3 is 0 Å². The summed E-state index contributed by atoms with van der Waals surface area (Å²) in [6.45, 7) is 5.02. The number of aryl methyl sites for hydroxylation is 2. The Morgan fingerprint density at radius 2 is 2.05 bits per heavy atom. The summed E-state index contributed by atoms with van der Waals surface area (Å²) in [7, 11) is 1.65. The lowest BCUT2D eigenvalue weighted by molar-refractivity contribution is 0.414. The van der Waals surface area contributed by atoms with Gasteiger partial charge in [0.15, 0.2) is 5.75 Å². The summed E-state index contributed by atoms with van der Waals surface area (Å²) in [5, 5.41) is 4.06. The number of halogens is 2. The van der Waals surface area contributed by atoms with Gasteiger partial charge in [0.1, 0.15) is 0 Å². The molecule has 0 aliphatic heterocycles. The van der Waals surface area contributed by atoms with Gasteiger partial charge in [-0.2, -0.15) is 0 Å². The van der Waals surface area contributed by atoms with E-state index in [1.807, 2.05) is 23.5 Å². The van der Waals surface area contributed by atoms with Crippen LogP contribution >= 0.6 is 38.9 Å². The largest absolute Gasteiger partial charge is 0.493 e. The molecule has 0 bridgehead atoms. The number of hydrogen-bond acceptors (Lipinski definition) is 3. The summed E-state index contributed by atoms with van der Waals surface area (Å²) in [6.07, 6.45) is 0. The highest BCUT2D eigenvalue weighted by Gasteiger charge is 2.10. The fourth-order valence-corrected chi connectivity index (χ4v) is 3.87. The number of nitrogens with one attached hydrogen (secondary N) is 1. The first-order valence-electron chi connectivity index (χ1n) is 5.84. The van der Waals surface area contributed by atoms with Crippen LogP contribution in [0, 0.1) is 13.8 Å². The number of hydrogen-bond donors (Lipinski definition) is 1. The molecule has 0 spiro atoms. The third-order valence-corrected chi connectivity index (χ3v) is 4.64. The molecular weight excluding hydrogens is 346 g/mol. The molecular formula is C14H15BrClNOS. The summed E-state index contributed by atoms with van der Waals surface area (Å²) in [6, 6.07) is 5.91. The molecule has 0 amide bonds. The molecule has 0 radical (unpaired) electrons. The van der Waals surface area contributed by atoms with Crippen molar-refractivity contribution in [3.05, 3.63) is 43.0 Å².